The molecule has 0 bridgehead atoms. The van der Waals surface area contributed by atoms with Gasteiger partial charge in [-0.2, -0.15) is 13.2 Å². The lowest BCUT2D eigenvalue weighted by Gasteiger charge is -2.28. The highest BCUT2D eigenvalue weighted by atomic mass is 19.4. The summed E-state index contributed by atoms with van der Waals surface area (Å²) in [6.07, 6.45) is -4.96. The fourth-order valence-electron chi connectivity index (χ4n) is 3.09. The van der Waals surface area contributed by atoms with Gasteiger partial charge >= 0.3 is 17.6 Å². The molecule has 0 aliphatic heterocycles. The lowest BCUT2D eigenvalue weighted by atomic mass is 9.82. The molecule has 1 atom stereocenters. The number of rotatable bonds is 2. The molecule has 1 aliphatic carbocycles. The number of alkyl halides is 3. The summed E-state index contributed by atoms with van der Waals surface area (Å²) in [6.45, 7) is 0. The van der Waals surface area contributed by atoms with Crippen molar-refractivity contribution in [1.82, 2.24) is 0 Å². The number of halogens is 3. The van der Waals surface area contributed by atoms with Gasteiger partial charge in [0.15, 0.2) is 0 Å². The summed E-state index contributed by atoms with van der Waals surface area (Å²) in [4.78, 5) is 20.4. The number of hydrogen-bond donors (Lipinski definition) is 2. The van der Waals surface area contributed by atoms with Crippen molar-refractivity contribution in [3.05, 3.63) is 61.2 Å². The molecule has 4 N–H and O–H groups in total. The van der Waals surface area contributed by atoms with Gasteiger partial charge in [-0.25, -0.2) is 0 Å². The number of nitrogens with two attached hydrogens (primary N) is 2. The molecule has 0 spiro atoms. The number of nitrogens with zero attached hydrogens (tertiary/aromatic N) is 2. The molecule has 3 rings (SSSR count). The van der Waals surface area contributed by atoms with E-state index in [0.29, 0.717) is 0 Å². The Morgan fingerprint density at radius 2 is 1.76 bits per heavy atom. The molecule has 8 nitrogen and oxygen atoms in total. The van der Waals surface area contributed by atoms with Gasteiger partial charge in [0, 0.05) is 11.5 Å². The number of nitro groups is 2. The smallest absolute Gasteiger partial charge is 0.398 e. The van der Waals surface area contributed by atoms with Crippen molar-refractivity contribution in [2.75, 3.05) is 0 Å². The first-order valence-corrected chi connectivity index (χ1v) is 6.77. The van der Waals surface area contributed by atoms with Crippen molar-refractivity contribution in [2.45, 2.75) is 12.2 Å². The minimum absolute atomic E-state index is 0.0119. The molecule has 0 aromatic heterocycles. The van der Waals surface area contributed by atoms with Crippen molar-refractivity contribution in [2.24, 2.45) is 11.5 Å². The number of benzene rings is 2. The maximum Gasteiger partial charge on any atom is 0.416 e. The van der Waals surface area contributed by atoms with Crippen LogP contribution < -0.4 is 11.5 Å². The Hall–Kier alpha value is -3.21. The van der Waals surface area contributed by atoms with Gasteiger partial charge in [0.05, 0.1) is 32.7 Å². The van der Waals surface area contributed by atoms with E-state index in [0.717, 1.165) is 6.07 Å². The van der Waals surface area contributed by atoms with E-state index in [1.807, 2.05) is 0 Å². The summed E-state index contributed by atoms with van der Waals surface area (Å²) >= 11 is 0. The quantitative estimate of drug-likeness (QED) is 0.628. The molecule has 0 saturated carbocycles. The maximum absolute atomic E-state index is 13.4. The van der Waals surface area contributed by atoms with Gasteiger partial charge in [-0.3, -0.25) is 20.2 Å². The van der Waals surface area contributed by atoms with Crippen LogP contribution in [0.4, 0.5) is 24.5 Å². The Balaban J connectivity index is 2.61. The van der Waals surface area contributed by atoms with Crippen LogP contribution in [0.3, 0.4) is 0 Å². The van der Waals surface area contributed by atoms with Crippen LogP contribution in [0.2, 0.25) is 0 Å². The van der Waals surface area contributed by atoms with E-state index in [-0.39, 0.29) is 16.3 Å². The van der Waals surface area contributed by atoms with Crippen molar-refractivity contribution >= 4 is 27.8 Å². The monoisotopic (exact) mass is 354 g/mol. The van der Waals surface area contributed by atoms with Crippen LogP contribution in [0.25, 0.3) is 16.5 Å². The largest absolute Gasteiger partial charge is 0.416 e. The maximum atomic E-state index is 13.4. The Morgan fingerprint density at radius 3 is 2.28 bits per heavy atom. The van der Waals surface area contributed by atoms with Crippen molar-refractivity contribution in [3.8, 4) is 0 Å². The average molecular weight is 354 g/mol. The molecule has 2 aromatic rings. The zero-order valence-electron chi connectivity index (χ0n) is 12.2. The van der Waals surface area contributed by atoms with E-state index in [1.54, 1.807) is 0 Å². The molecule has 0 radical (unpaired) electrons. The highest BCUT2D eigenvalue weighted by Crippen LogP contribution is 2.50. The SMILES string of the molecule is NC1=C(C(F)(F)F)C(N)c2cccc3cc([N+](=O)[O-])c([N+](=O)[O-])c1c23. The molecule has 25 heavy (non-hydrogen) atoms. The van der Waals surface area contributed by atoms with Gasteiger partial charge in [-0.15, -0.1) is 0 Å². The van der Waals surface area contributed by atoms with Crippen molar-refractivity contribution in [1.29, 1.82) is 0 Å². The number of nitro benzene ring substituents is 2. The Kier molecular flexibility index (Phi) is 3.42. The van der Waals surface area contributed by atoms with Gasteiger partial charge in [0.2, 0.25) is 0 Å². The molecule has 1 aliphatic rings. The average Bonchev–Trinajstić information content (AvgIpc) is 2.49. The first-order chi connectivity index (χ1) is 11.6. The van der Waals surface area contributed by atoms with Crippen LogP contribution in [-0.4, -0.2) is 16.0 Å². The predicted molar refractivity (Wildman–Crippen MR) is 81.3 cm³/mol. The molecule has 0 fully saturated rings. The van der Waals surface area contributed by atoms with Crippen LogP contribution in [0.15, 0.2) is 29.8 Å². The van der Waals surface area contributed by atoms with E-state index in [9.17, 15) is 33.4 Å². The van der Waals surface area contributed by atoms with Crippen LogP contribution >= 0.6 is 0 Å². The van der Waals surface area contributed by atoms with E-state index < -0.39 is 50.3 Å². The molecular weight excluding hydrogens is 345 g/mol. The third-order valence-electron chi connectivity index (χ3n) is 4.04. The summed E-state index contributed by atoms with van der Waals surface area (Å²) in [6, 6.07) is 3.31. The Bertz CT molecular complexity index is 984. The van der Waals surface area contributed by atoms with Crippen LogP contribution in [-0.2, 0) is 0 Å². The second-order valence-electron chi connectivity index (χ2n) is 5.38. The standard InChI is InChI=1S/C14H9F3N4O4/c15-14(16,17)10-11(18)6-3-1-2-5-4-7(20(22)23)13(21(24)25)9(8(5)6)12(10)19/h1-4,11H,18-19H2. The fourth-order valence-corrected chi connectivity index (χ4v) is 3.09. The molecule has 0 amide bonds. The van der Waals surface area contributed by atoms with E-state index in [4.69, 9.17) is 11.5 Å². The van der Waals surface area contributed by atoms with E-state index >= 15 is 0 Å². The van der Waals surface area contributed by atoms with Gasteiger partial charge < -0.3 is 11.5 Å². The first-order valence-electron chi connectivity index (χ1n) is 6.77. The summed E-state index contributed by atoms with van der Waals surface area (Å²) in [5.74, 6) is 0. The molecule has 1 unspecified atom stereocenters. The molecule has 11 heteroatoms. The van der Waals surface area contributed by atoms with Crippen molar-refractivity contribution < 1.29 is 23.0 Å². The topological polar surface area (TPSA) is 138 Å². The Labute approximate surface area is 136 Å². The second kappa shape index (κ2) is 5.14. The third-order valence-corrected chi connectivity index (χ3v) is 4.04. The molecule has 130 valence electrons. The predicted octanol–water partition coefficient (Wildman–Crippen LogP) is 2.90. The highest BCUT2D eigenvalue weighted by molar-refractivity contribution is 6.05. The zero-order valence-corrected chi connectivity index (χ0v) is 12.2. The normalized spacial score (nSPS) is 17.0. The summed E-state index contributed by atoms with van der Waals surface area (Å²) in [5, 5.41) is 22.7. The summed E-state index contributed by atoms with van der Waals surface area (Å²) in [7, 11) is 0. The van der Waals surface area contributed by atoms with Crippen LogP contribution in [0, 0.1) is 20.2 Å². The summed E-state index contributed by atoms with van der Waals surface area (Å²) in [5.41, 5.74) is 6.25. The molecule has 0 saturated heterocycles. The zero-order chi connectivity index (χ0) is 18.7. The van der Waals surface area contributed by atoms with Crippen LogP contribution in [0.1, 0.15) is 17.2 Å². The van der Waals surface area contributed by atoms with E-state index in [2.05, 4.69) is 0 Å². The fraction of sp³-hybridized carbons (Fsp3) is 0.143. The van der Waals surface area contributed by atoms with E-state index in [1.165, 1.54) is 18.2 Å². The molecule has 2 aromatic carbocycles. The Morgan fingerprint density at radius 1 is 1.12 bits per heavy atom. The van der Waals surface area contributed by atoms with Gasteiger partial charge in [-0.05, 0) is 10.9 Å². The third kappa shape index (κ3) is 2.28. The number of hydrogen-bond acceptors (Lipinski definition) is 6. The van der Waals surface area contributed by atoms with Gasteiger partial charge in [-0.1, -0.05) is 18.2 Å². The lowest BCUT2D eigenvalue weighted by Crippen LogP contribution is -2.31. The molecule has 0 heterocycles. The minimum Gasteiger partial charge on any atom is -0.398 e. The second-order valence-corrected chi connectivity index (χ2v) is 5.38. The van der Waals surface area contributed by atoms with Gasteiger partial charge in [0.25, 0.3) is 0 Å². The van der Waals surface area contributed by atoms with Crippen molar-refractivity contribution in [3.63, 3.8) is 0 Å². The summed E-state index contributed by atoms with van der Waals surface area (Å²) < 4.78 is 40.2. The highest BCUT2D eigenvalue weighted by Gasteiger charge is 2.46. The molecular formula is C14H9F3N4O4. The van der Waals surface area contributed by atoms with Crippen LogP contribution in [0.5, 0.6) is 0 Å². The minimum atomic E-state index is -4.96. The van der Waals surface area contributed by atoms with Gasteiger partial charge in [0.1, 0.15) is 0 Å². The first kappa shape index (κ1) is 16.6. The lowest BCUT2D eigenvalue weighted by molar-refractivity contribution is -0.422.